The molecule has 0 radical (unpaired) electrons. The Morgan fingerprint density at radius 2 is 1.67 bits per heavy atom. The van der Waals surface area contributed by atoms with Crippen LogP contribution in [-0.4, -0.2) is 79.4 Å². The molecule has 0 saturated heterocycles. The summed E-state index contributed by atoms with van der Waals surface area (Å²) in [6.45, 7) is 1.89. The van der Waals surface area contributed by atoms with Crippen molar-refractivity contribution in [1.82, 2.24) is 35.0 Å². The summed E-state index contributed by atoms with van der Waals surface area (Å²) in [5.41, 5.74) is 2.85. The number of fused-ring (bicyclic) bond motifs is 2. The first kappa shape index (κ1) is 23.6. The first-order valence-corrected chi connectivity index (χ1v) is 11.3. The second kappa shape index (κ2) is 9.51. The molecule has 0 unspecified atom stereocenters. The SMILES string of the molecule is O=C(COc1ccc(OC(F)(F)F)cc1)N1CCc2cc(C(=O)N3CCc4n[nH]nc4C3)nn2CC1. The molecule has 0 atom stereocenters. The molecule has 2 aliphatic heterocycles. The maximum absolute atomic E-state index is 13.0. The van der Waals surface area contributed by atoms with Crippen LogP contribution in [0.1, 0.15) is 27.6 Å². The van der Waals surface area contributed by atoms with E-state index in [2.05, 4.69) is 25.2 Å². The minimum Gasteiger partial charge on any atom is -0.484 e. The summed E-state index contributed by atoms with van der Waals surface area (Å²) in [7, 11) is 0. The van der Waals surface area contributed by atoms with Crippen LogP contribution in [0.15, 0.2) is 30.3 Å². The average molecular weight is 505 g/mol. The lowest BCUT2D eigenvalue weighted by molar-refractivity contribution is -0.274. The molecule has 1 aromatic carbocycles. The molecule has 14 heteroatoms. The van der Waals surface area contributed by atoms with Crippen LogP contribution in [0.4, 0.5) is 13.2 Å². The van der Waals surface area contributed by atoms with Gasteiger partial charge in [-0.2, -0.15) is 20.5 Å². The van der Waals surface area contributed by atoms with Gasteiger partial charge in [-0.05, 0) is 30.3 Å². The molecule has 2 aromatic heterocycles. The Bertz CT molecular complexity index is 1230. The zero-order valence-corrected chi connectivity index (χ0v) is 19.0. The van der Waals surface area contributed by atoms with E-state index in [1.54, 1.807) is 20.5 Å². The maximum Gasteiger partial charge on any atom is 0.573 e. The standard InChI is InChI=1S/C22H22F3N7O4/c23-22(24,25)36-16-3-1-15(2-4-16)35-13-20(33)30-7-5-14-11-18(28-32(14)10-9-30)21(34)31-8-6-17-19(12-31)27-29-26-17/h1-4,11H,5-10,12-13H2,(H,26,27,29). The van der Waals surface area contributed by atoms with Gasteiger partial charge in [0.15, 0.2) is 12.3 Å². The van der Waals surface area contributed by atoms with Gasteiger partial charge in [-0.15, -0.1) is 13.2 Å². The highest BCUT2D eigenvalue weighted by atomic mass is 19.4. The van der Waals surface area contributed by atoms with E-state index < -0.39 is 6.36 Å². The summed E-state index contributed by atoms with van der Waals surface area (Å²) < 4.78 is 47.8. The van der Waals surface area contributed by atoms with Gasteiger partial charge in [0.2, 0.25) is 0 Å². The first-order chi connectivity index (χ1) is 17.2. The average Bonchev–Trinajstić information content (AvgIpc) is 3.44. The van der Waals surface area contributed by atoms with E-state index >= 15 is 0 Å². The summed E-state index contributed by atoms with van der Waals surface area (Å²) in [5, 5.41) is 15.2. The molecule has 2 aliphatic rings. The number of carbonyl (C=O) groups excluding carboxylic acids is 2. The van der Waals surface area contributed by atoms with E-state index in [1.807, 2.05) is 0 Å². The number of hydrogen-bond acceptors (Lipinski definition) is 7. The fraction of sp³-hybridized carbons (Fsp3) is 0.409. The molecule has 3 aromatic rings. The maximum atomic E-state index is 13.0. The molecule has 0 bridgehead atoms. The third-order valence-electron chi connectivity index (χ3n) is 6.02. The third kappa shape index (κ3) is 5.26. The molecule has 36 heavy (non-hydrogen) atoms. The van der Waals surface area contributed by atoms with Crippen LogP contribution in [0.2, 0.25) is 0 Å². The molecule has 5 rings (SSSR count). The molecular formula is C22H22F3N7O4. The second-order valence-corrected chi connectivity index (χ2v) is 8.38. The number of aromatic nitrogens is 5. The Morgan fingerprint density at radius 3 is 2.44 bits per heavy atom. The molecule has 0 saturated carbocycles. The van der Waals surface area contributed by atoms with Crippen LogP contribution in [0.3, 0.4) is 0 Å². The van der Waals surface area contributed by atoms with Gasteiger partial charge in [0.05, 0.1) is 18.8 Å². The Labute approximate surface area is 202 Å². The van der Waals surface area contributed by atoms with Crippen LogP contribution in [0.5, 0.6) is 11.5 Å². The Morgan fingerprint density at radius 1 is 0.944 bits per heavy atom. The van der Waals surface area contributed by atoms with E-state index in [0.717, 1.165) is 29.2 Å². The van der Waals surface area contributed by atoms with Crippen LogP contribution in [0, 0.1) is 0 Å². The van der Waals surface area contributed by atoms with E-state index in [4.69, 9.17) is 4.74 Å². The van der Waals surface area contributed by atoms with E-state index in [9.17, 15) is 22.8 Å². The van der Waals surface area contributed by atoms with Crippen LogP contribution < -0.4 is 9.47 Å². The van der Waals surface area contributed by atoms with Crippen molar-refractivity contribution in [3.05, 3.63) is 53.1 Å². The molecule has 0 spiro atoms. The molecule has 2 amide bonds. The number of alkyl halides is 3. The lowest BCUT2D eigenvalue weighted by Gasteiger charge is -2.24. The van der Waals surface area contributed by atoms with Gasteiger partial charge < -0.3 is 19.3 Å². The van der Waals surface area contributed by atoms with Crippen molar-refractivity contribution in [3.63, 3.8) is 0 Å². The number of amides is 2. The van der Waals surface area contributed by atoms with Crippen molar-refractivity contribution >= 4 is 11.8 Å². The Balaban J connectivity index is 1.13. The lowest BCUT2D eigenvalue weighted by Crippen LogP contribution is -2.37. The first-order valence-electron chi connectivity index (χ1n) is 11.3. The minimum absolute atomic E-state index is 0.169. The van der Waals surface area contributed by atoms with Gasteiger partial charge >= 0.3 is 6.36 Å². The molecule has 190 valence electrons. The minimum atomic E-state index is -4.78. The van der Waals surface area contributed by atoms with Crippen LogP contribution in [-0.2, 0) is 30.7 Å². The number of benzene rings is 1. The van der Waals surface area contributed by atoms with Gasteiger partial charge in [-0.1, -0.05) is 0 Å². The highest BCUT2D eigenvalue weighted by Gasteiger charge is 2.31. The fourth-order valence-electron chi connectivity index (χ4n) is 4.19. The third-order valence-corrected chi connectivity index (χ3v) is 6.02. The van der Waals surface area contributed by atoms with Gasteiger partial charge in [-0.3, -0.25) is 14.3 Å². The van der Waals surface area contributed by atoms with E-state index in [-0.39, 0.29) is 29.9 Å². The summed E-state index contributed by atoms with van der Waals surface area (Å²) >= 11 is 0. The number of hydrogen-bond donors (Lipinski definition) is 1. The van der Waals surface area contributed by atoms with Crippen molar-refractivity contribution in [2.75, 3.05) is 26.2 Å². The van der Waals surface area contributed by atoms with Gasteiger partial charge in [0.1, 0.15) is 17.2 Å². The van der Waals surface area contributed by atoms with Crippen molar-refractivity contribution in [1.29, 1.82) is 0 Å². The topological polar surface area (TPSA) is 118 Å². The number of rotatable bonds is 5. The number of halogens is 3. The predicted molar refractivity (Wildman–Crippen MR) is 116 cm³/mol. The molecule has 11 nitrogen and oxygen atoms in total. The fourth-order valence-corrected chi connectivity index (χ4v) is 4.19. The van der Waals surface area contributed by atoms with Crippen molar-refractivity contribution in [2.45, 2.75) is 32.3 Å². The molecule has 1 N–H and O–H groups in total. The lowest BCUT2D eigenvalue weighted by atomic mass is 10.1. The van der Waals surface area contributed by atoms with Crippen LogP contribution >= 0.6 is 0 Å². The van der Waals surface area contributed by atoms with E-state index in [0.29, 0.717) is 51.3 Å². The normalized spacial score (nSPS) is 15.6. The molecular weight excluding hydrogens is 483 g/mol. The Kier molecular flexibility index (Phi) is 6.24. The monoisotopic (exact) mass is 505 g/mol. The molecule has 0 fully saturated rings. The largest absolute Gasteiger partial charge is 0.573 e. The predicted octanol–water partition coefficient (Wildman–Crippen LogP) is 1.56. The molecule has 0 aliphatic carbocycles. The number of H-pyrrole nitrogens is 1. The number of nitrogens with one attached hydrogen (secondary N) is 1. The summed E-state index contributed by atoms with van der Waals surface area (Å²) in [6, 6.07) is 6.60. The quantitative estimate of drug-likeness (QED) is 0.559. The Hall–Kier alpha value is -4.10. The van der Waals surface area contributed by atoms with Gasteiger partial charge in [0.25, 0.3) is 11.8 Å². The molecule has 4 heterocycles. The van der Waals surface area contributed by atoms with Crippen molar-refractivity contribution in [3.8, 4) is 11.5 Å². The van der Waals surface area contributed by atoms with Gasteiger partial charge in [-0.25, -0.2) is 0 Å². The van der Waals surface area contributed by atoms with E-state index in [1.165, 1.54) is 12.1 Å². The van der Waals surface area contributed by atoms with Gasteiger partial charge in [0, 0.05) is 38.2 Å². The zero-order chi connectivity index (χ0) is 25.3. The highest BCUT2D eigenvalue weighted by molar-refractivity contribution is 5.92. The smallest absolute Gasteiger partial charge is 0.484 e. The zero-order valence-electron chi connectivity index (χ0n) is 19.0. The second-order valence-electron chi connectivity index (χ2n) is 8.38. The summed E-state index contributed by atoms with van der Waals surface area (Å²) in [6.07, 6.45) is -3.62. The highest BCUT2D eigenvalue weighted by Crippen LogP contribution is 2.25. The number of aromatic amines is 1. The van der Waals surface area contributed by atoms with Crippen LogP contribution in [0.25, 0.3) is 0 Å². The van der Waals surface area contributed by atoms with Crippen molar-refractivity contribution < 1.29 is 32.2 Å². The summed E-state index contributed by atoms with van der Waals surface area (Å²) in [4.78, 5) is 28.9. The van der Waals surface area contributed by atoms with Crippen molar-refractivity contribution in [2.24, 2.45) is 0 Å². The summed E-state index contributed by atoms with van der Waals surface area (Å²) in [5.74, 6) is -0.551. The number of ether oxygens (including phenoxy) is 2. The number of nitrogens with zero attached hydrogens (tertiary/aromatic N) is 6. The number of carbonyl (C=O) groups is 2.